The molecule has 0 spiro atoms. The number of carbonyl (C=O) groups excluding carboxylic acids is 1. The molecule has 0 aliphatic carbocycles. The fraction of sp³-hybridized carbons (Fsp3) is 0.158. The number of nitrogens with zero attached hydrogens (tertiary/aromatic N) is 2. The zero-order chi connectivity index (χ0) is 16.9. The van der Waals surface area contributed by atoms with Crippen LogP contribution in [-0.4, -0.2) is 17.6 Å². The normalized spacial score (nSPS) is 11.5. The Kier molecular flexibility index (Phi) is 4.91. The number of rotatable bonds is 4. The molecule has 0 unspecified atom stereocenters. The van der Waals surface area contributed by atoms with Crippen LogP contribution in [-0.2, 0) is 6.54 Å². The molecule has 0 radical (unpaired) electrons. The van der Waals surface area contributed by atoms with Crippen LogP contribution in [0.25, 0.3) is 0 Å². The van der Waals surface area contributed by atoms with Crippen molar-refractivity contribution in [1.29, 1.82) is 0 Å². The van der Waals surface area contributed by atoms with Crippen LogP contribution in [0.5, 0.6) is 5.75 Å². The van der Waals surface area contributed by atoms with Crippen LogP contribution in [0, 0.1) is 6.92 Å². The molecule has 0 fully saturated rings. The number of benzene rings is 2. The van der Waals surface area contributed by atoms with E-state index in [1.165, 1.54) is 16.9 Å². The van der Waals surface area contributed by atoms with Gasteiger partial charge in [-0.05, 0) is 30.2 Å². The molecule has 0 saturated heterocycles. The van der Waals surface area contributed by atoms with Gasteiger partial charge in [0.1, 0.15) is 5.75 Å². The van der Waals surface area contributed by atoms with Gasteiger partial charge in [-0.2, -0.15) is 4.99 Å². The minimum Gasteiger partial charge on any atom is -0.496 e. The van der Waals surface area contributed by atoms with Gasteiger partial charge in [0.05, 0.1) is 7.11 Å². The molecular formula is C19H18N2O2S. The zero-order valence-corrected chi connectivity index (χ0v) is 14.4. The monoisotopic (exact) mass is 338 g/mol. The van der Waals surface area contributed by atoms with Gasteiger partial charge in [-0.3, -0.25) is 4.79 Å². The minimum atomic E-state index is -0.266. The van der Waals surface area contributed by atoms with E-state index in [2.05, 4.69) is 17.1 Å². The van der Waals surface area contributed by atoms with Gasteiger partial charge in [0.15, 0.2) is 4.80 Å². The fourth-order valence-electron chi connectivity index (χ4n) is 2.39. The van der Waals surface area contributed by atoms with Gasteiger partial charge < -0.3 is 9.30 Å². The summed E-state index contributed by atoms with van der Waals surface area (Å²) in [6, 6.07) is 15.5. The molecule has 0 saturated carbocycles. The van der Waals surface area contributed by atoms with E-state index in [0.717, 1.165) is 5.56 Å². The van der Waals surface area contributed by atoms with Crippen molar-refractivity contribution in [3.05, 3.63) is 81.6 Å². The maximum Gasteiger partial charge on any atom is 0.279 e. The number of hydrogen-bond donors (Lipinski definition) is 0. The van der Waals surface area contributed by atoms with Crippen molar-refractivity contribution in [1.82, 2.24) is 4.57 Å². The lowest BCUT2D eigenvalue weighted by atomic mass is 10.1. The summed E-state index contributed by atoms with van der Waals surface area (Å²) >= 11 is 1.45. The third kappa shape index (κ3) is 3.63. The number of aromatic nitrogens is 1. The summed E-state index contributed by atoms with van der Waals surface area (Å²) in [7, 11) is 1.60. The number of aryl methyl sites for hydroxylation is 1. The van der Waals surface area contributed by atoms with E-state index < -0.39 is 0 Å². The summed E-state index contributed by atoms with van der Waals surface area (Å²) in [6.45, 7) is 2.63. The van der Waals surface area contributed by atoms with Crippen molar-refractivity contribution in [2.24, 2.45) is 4.99 Å². The molecule has 122 valence electrons. The van der Waals surface area contributed by atoms with E-state index in [9.17, 15) is 4.79 Å². The molecule has 0 atom stereocenters. The van der Waals surface area contributed by atoms with E-state index >= 15 is 0 Å². The van der Waals surface area contributed by atoms with E-state index in [-0.39, 0.29) is 5.91 Å². The lowest BCUT2D eigenvalue weighted by Gasteiger charge is -2.05. The highest BCUT2D eigenvalue weighted by Crippen LogP contribution is 2.19. The van der Waals surface area contributed by atoms with Crippen LogP contribution in [0.1, 0.15) is 21.5 Å². The van der Waals surface area contributed by atoms with E-state index in [1.54, 1.807) is 19.2 Å². The predicted molar refractivity (Wildman–Crippen MR) is 95.5 cm³/mol. The maximum absolute atomic E-state index is 12.5. The first kappa shape index (κ1) is 16.2. The van der Waals surface area contributed by atoms with Crippen LogP contribution >= 0.6 is 11.3 Å². The van der Waals surface area contributed by atoms with E-state index in [1.807, 2.05) is 47.3 Å². The van der Waals surface area contributed by atoms with Crippen LogP contribution < -0.4 is 9.54 Å². The van der Waals surface area contributed by atoms with Crippen molar-refractivity contribution in [2.45, 2.75) is 13.5 Å². The first-order chi connectivity index (χ1) is 11.7. The molecule has 1 heterocycles. The van der Waals surface area contributed by atoms with Gasteiger partial charge in [0.2, 0.25) is 0 Å². The molecule has 3 rings (SSSR count). The van der Waals surface area contributed by atoms with Crippen molar-refractivity contribution >= 4 is 17.2 Å². The Morgan fingerprint density at radius 2 is 2.00 bits per heavy atom. The third-order valence-electron chi connectivity index (χ3n) is 3.71. The molecule has 24 heavy (non-hydrogen) atoms. The average Bonchev–Trinajstić information content (AvgIpc) is 3.03. The molecule has 5 heteroatoms. The zero-order valence-electron chi connectivity index (χ0n) is 13.6. The van der Waals surface area contributed by atoms with Gasteiger partial charge >= 0.3 is 0 Å². The largest absolute Gasteiger partial charge is 0.496 e. The summed E-state index contributed by atoms with van der Waals surface area (Å²) in [5.41, 5.74) is 2.68. The van der Waals surface area contributed by atoms with Crippen molar-refractivity contribution in [2.75, 3.05) is 7.11 Å². The van der Waals surface area contributed by atoms with E-state index in [0.29, 0.717) is 22.7 Å². The fourth-order valence-corrected chi connectivity index (χ4v) is 3.12. The Hall–Kier alpha value is -2.66. The summed E-state index contributed by atoms with van der Waals surface area (Å²) in [4.78, 5) is 17.4. The molecular weight excluding hydrogens is 320 g/mol. The number of ether oxygens (including phenoxy) is 1. The first-order valence-electron chi connectivity index (χ1n) is 7.59. The van der Waals surface area contributed by atoms with Crippen molar-refractivity contribution in [3.8, 4) is 5.75 Å². The Balaban J connectivity index is 1.89. The van der Waals surface area contributed by atoms with Gasteiger partial charge in [0.25, 0.3) is 5.91 Å². The smallest absolute Gasteiger partial charge is 0.279 e. The van der Waals surface area contributed by atoms with Crippen LogP contribution in [0.3, 0.4) is 0 Å². The SMILES string of the molecule is COc1cc(C(=O)N=c2sccn2Cc2ccccc2)ccc1C. The summed E-state index contributed by atoms with van der Waals surface area (Å²) in [5.74, 6) is 0.428. The van der Waals surface area contributed by atoms with Crippen molar-refractivity contribution < 1.29 is 9.53 Å². The molecule has 3 aromatic rings. The Morgan fingerprint density at radius 3 is 2.75 bits per heavy atom. The van der Waals surface area contributed by atoms with Gasteiger partial charge in [-0.1, -0.05) is 36.4 Å². The topological polar surface area (TPSA) is 43.6 Å². The molecule has 1 aromatic heterocycles. The second-order valence-electron chi connectivity index (χ2n) is 5.40. The maximum atomic E-state index is 12.5. The number of amides is 1. The molecule has 0 aliphatic heterocycles. The standard InChI is InChI=1S/C19H18N2O2S/c1-14-8-9-16(12-17(14)23-2)18(22)20-19-21(10-11-24-19)13-15-6-4-3-5-7-15/h3-12H,13H2,1-2H3. The second kappa shape index (κ2) is 7.27. The average molecular weight is 338 g/mol. The third-order valence-corrected chi connectivity index (χ3v) is 4.50. The minimum absolute atomic E-state index is 0.266. The first-order valence-corrected chi connectivity index (χ1v) is 8.47. The number of hydrogen-bond acceptors (Lipinski definition) is 3. The highest BCUT2D eigenvalue weighted by Gasteiger charge is 2.08. The number of methoxy groups -OCH3 is 1. The molecule has 0 bridgehead atoms. The summed E-state index contributed by atoms with van der Waals surface area (Å²) in [5, 5.41) is 1.94. The Labute approximate surface area is 144 Å². The number of thiazole rings is 1. The number of carbonyl (C=O) groups is 1. The van der Waals surface area contributed by atoms with Gasteiger partial charge in [-0.25, -0.2) is 0 Å². The molecule has 2 aromatic carbocycles. The van der Waals surface area contributed by atoms with Gasteiger partial charge in [0, 0.05) is 23.7 Å². The highest BCUT2D eigenvalue weighted by atomic mass is 32.1. The van der Waals surface area contributed by atoms with Crippen LogP contribution in [0.4, 0.5) is 0 Å². The Morgan fingerprint density at radius 1 is 1.21 bits per heavy atom. The van der Waals surface area contributed by atoms with E-state index in [4.69, 9.17) is 4.74 Å². The second-order valence-corrected chi connectivity index (χ2v) is 6.27. The molecule has 0 aliphatic rings. The molecule has 0 N–H and O–H groups in total. The molecule has 1 amide bonds. The summed E-state index contributed by atoms with van der Waals surface area (Å²) < 4.78 is 7.25. The van der Waals surface area contributed by atoms with Crippen LogP contribution in [0.15, 0.2) is 65.1 Å². The lowest BCUT2D eigenvalue weighted by Crippen LogP contribution is -2.17. The van der Waals surface area contributed by atoms with Crippen molar-refractivity contribution in [3.63, 3.8) is 0 Å². The van der Waals surface area contributed by atoms with Gasteiger partial charge in [-0.15, -0.1) is 11.3 Å². The molecule has 4 nitrogen and oxygen atoms in total. The van der Waals surface area contributed by atoms with Crippen LogP contribution in [0.2, 0.25) is 0 Å². The summed E-state index contributed by atoms with van der Waals surface area (Å²) in [6.07, 6.45) is 1.94. The Bertz CT molecular complexity index is 910. The highest BCUT2D eigenvalue weighted by molar-refractivity contribution is 7.07. The predicted octanol–water partition coefficient (Wildman–Crippen LogP) is 3.66. The lowest BCUT2D eigenvalue weighted by molar-refractivity contribution is 0.0997. The quantitative estimate of drug-likeness (QED) is 0.729.